The van der Waals surface area contributed by atoms with Crippen molar-refractivity contribution in [2.24, 2.45) is 5.92 Å². The largest absolute Gasteiger partial charge is 0.390 e. The lowest BCUT2D eigenvalue weighted by molar-refractivity contribution is -0.138. The summed E-state index contributed by atoms with van der Waals surface area (Å²) in [6.45, 7) is 1.13. The van der Waals surface area contributed by atoms with Gasteiger partial charge in [-0.25, -0.2) is 0 Å². The minimum absolute atomic E-state index is 0.143. The monoisotopic (exact) mass is 301 g/mol. The Hall–Kier alpha value is -0.690. The van der Waals surface area contributed by atoms with E-state index in [2.05, 4.69) is 5.32 Å². The summed E-state index contributed by atoms with van der Waals surface area (Å²) in [5.41, 5.74) is -0.848. The van der Waals surface area contributed by atoms with Gasteiger partial charge in [-0.1, -0.05) is 19.3 Å². The van der Waals surface area contributed by atoms with Gasteiger partial charge < -0.3 is 25.0 Å². The number of nitrogens with one attached hydrogen (secondary N) is 1. The van der Waals surface area contributed by atoms with Crippen molar-refractivity contribution in [1.29, 1.82) is 0 Å². The number of rotatable bonds is 5. The molecule has 0 radical (unpaired) electrons. The summed E-state index contributed by atoms with van der Waals surface area (Å²) in [6, 6.07) is 0. The van der Waals surface area contributed by atoms with Crippen molar-refractivity contribution in [2.75, 3.05) is 26.9 Å². The van der Waals surface area contributed by atoms with Crippen LogP contribution in [0.25, 0.3) is 0 Å². The predicted octanol–water partition coefficient (Wildman–Crippen LogP) is 0.210. The van der Waals surface area contributed by atoms with Gasteiger partial charge >= 0.3 is 0 Å². The number of ether oxygens (including phenoxy) is 2. The van der Waals surface area contributed by atoms with E-state index in [0.29, 0.717) is 32.6 Å². The highest BCUT2D eigenvalue weighted by Gasteiger charge is 2.34. The summed E-state index contributed by atoms with van der Waals surface area (Å²) in [6.07, 6.45) is 3.65. The van der Waals surface area contributed by atoms with Crippen LogP contribution in [0.1, 0.15) is 38.5 Å². The molecule has 2 rings (SSSR count). The van der Waals surface area contributed by atoms with Gasteiger partial charge in [0.05, 0.1) is 31.3 Å². The van der Waals surface area contributed by atoms with Crippen LogP contribution in [0.4, 0.5) is 0 Å². The van der Waals surface area contributed by atoms with Gasteiger partial charge in [0, 0.05) is 19.6 Å². The third-order valence-electron chi connectivity index (χ3n) is 4.62. The number of hydrogen-bond donors (Lipinski definition) is 3. The van der Waals surface area contributed by atoms with E-state index in [9.17, 15) is 15.0 Å². The fourth-order valence-electron chi connectivity index (χ4n) is 3.22. The first-order chi connectivity index (χ1) is 10.0. The second-order valence-corrected chi connectivity index (χ2v) is 6.33. The second-order valence-electron chi connectivity index (χ2n) is 6.33. The molecule has 0 aromatic carbocycles. The predicted molar refractivity (Wildman–Crippen MR) is 76.8 cm³/mol. The van der Waals surface area contributed by atoms with Crippen molar-refractivity contribution in [1.82, 2.24) is 5.32 Å². The fourth-order valence-corrected chi connectivity index (χ4v) is 3.22. The molecular weight excluding hydrogens is 274 g/mol. The molecule has 0 unspecified atom stereocenters. The molecule has 0 aromatic heterocycles. The van der Waals surface area contributed by atoms with Crippen LogP contribution < -0.4 is 5.32 Å². The van der Waals surface area contributed by atoms with E-state index in [1.165, 1.54) is 7.11 Å². The van der Waals surface area contributed by atoms with E-state index in [4.69, 9.17) is 9.47 Å². The number of aliphatic hydroxyl groups excluding tert-OH is 1. The van der Waals surface area contributed by atoms with Gasteiger partial charge in [-0.3, -0.25) is 4.79 Å². The maximum Gasteiger partial charge on any atom is 0.222 e. The highest BCUT2D eigenvalue weighted by molar-refractivity contribution is 5.77. The molecule has 0 spiro atoms. The van der Waals surface area contributed by atoms with Crippen LogP contribution in [-0.4, -0.2) is 60.8 Å². The lowest BCUT2D eigenvalue weighted by Crippen LogP contribution is -2.50. The fraction of sp³-hybridized carbons (Fsp3) is 0.933. The number of carbonyl (C=O) groups excluding carboxylic acids is 1. The van der Waals surface area contributed by atoms with Crippen molar-refractivity contribution in [3.8, 4) is 0 Å². The molecular formula is C15H27NO5. The Labute approximate surface area is 125 Å². The quantitative estimate of drug-likeness (QED) is 0.675. The second kappa shape index (κ2) is 7.54. The summed E-state index contributed by atoms with van der Waals surface area (Å²) in [5.74, 6) is -0.334. The number of amides is 1. The van der Waals surface area contributed by atoms with Gasteiger partial charge in [0.15, 0.2) is 0 Å². The summed E-state index contributed by atoms with van der Waals surface area (Å²) < 4.78 is 10.5. The third kappa shape index (κ3) is 4.64. The Balaban J connectivity index is 1.75. The Bertz CT molecular complexity index is 343. The summed E-state index contributed by atoms with van der Waals surface area (Å²) in [5, 5.41) is 23.3. The van der Waals surface area contributed by atoms with E-state index in [1.54, 1.807) is 0 Å². The van der Waals surface area contributed by atoms with E-state index in [1.807, 2.05) is 0 Å². The van der Waals surface area contributed by atoms with Gasteiger partial charge in [-0.05, 0) is 12.8 Å². The topological polar surface area (TPSA) is 88.0 Å². The lowest BCUT2D eigenvalue weighted by Gasteiger charge is -2.34. The zero-order valence-corrected chi connectivity index (χ0v) is 12.7. The maximum absolute atomic E-state index is 12.0. The number of methoxy groups -OCH3 is 1. The first kappa shape index (κ1) is 16.7. The molecule has 6 nitrogen and oxygen atoms in total. The van der Waals surface area contributed by atoms with Crippen LogP contribution in [0.5, 0.6) is 0 Å². The maximum atomic E-state index is 12.0. The smallest absolute Gasteiger partial charge is 0.222 e. The average molecular weight is 301 g/mol. The van der Waals surface area contributed by atoms with E-state index >= 15 is 0 Å². The minimum Gasteiger partial charge on any atom is -0.390 e. The molecule has 1 saturated carbocycles. The summed E-state index contributed by atoms with van der Waals surface area (Å²) in [4.78, 5) is 12.0. The Kier molecular flexibility index (Phi) is 5.98. The van der Waals surface area contributed by atoms with Crippen LogP contribution in [0.15, 0.2) is 0 Å². The lowest BCUT2D eigenvalue weighted by atomic mass is 9.82. The van der Waals surface area contributed by atoms with Crippen molar-refractivity contribution < 1.29 is 24.5 Å². The zero-order chi connectivity index (χ0) is 15.3. The molecule has 2 fully saturated rings. The van der Waals surface area contributed by atoms with Crippen LogP contribution in [0.2, 0.25) is 0 Å². The molecule has 122 valence electrons. The summed E-state index contributed by atoms with van der Waals surface area (Å²) >= 11 is 0. The van der Waals surface area contributed by atoms with Crippen LogP contribution in [0, 0.1) is 5.92 Å². The van der Waals surface area contributed by atoms with E-state index in [-0.39, 0.29) is 24.3 Å². The SMILES string of the molecule is CO[C@@H]1COC[C@@H](CNC(=O)CC2(O)CCCCC2)[C@@H]1O. The highest BCUT2D eigenvalue weighted by atomic mass is 16.5. The molecule has 21 heavy (non-hydrogen) atoms. The van der Waals surface area contributed by atoms with Gasteiger partial charge in [0.2, 0.25) is 5.91 Å². The van der Waals surface area contributed by atoms with E-state index in [0.717, 1.165) is 19.3 Å². The van der Waals surface area contributed by atoms with Crippen molar-refractivity contribution in [3.63, 3.8) is 0 Å². The number of aliphatic hydroxyl groups is 2. The molecule has 2 aliphatic rings. The molecule has 1 aliphatic carbocycles. The van der Waals surface area contributed by atoms with Crippen LogP contribution in [-0.2, 0) is 14.3 Å². The molecule has 0 aromatic rings. The van der Waals surface area contributed by atoms with Gasteiger partial charge in [-0.15, -0.1) is 0 Å². The van der Waals surface area contributed by atoms with E-state index < -0.39 is 11.7 Å². The van der Waals surface area contributed by atoms with Crippen molar-refractivity contribution in [2.45, 2.75) is 56.3 Å². The number of hydrogen-bond acceptors (Lipinski definition) is 5. The molecule has 0 bridgehead atoms. The molecule has 1 aliphatic heterocycles. The Morgan fingerprint density at radius 3 is 2.71 bits per heavy atom. The normalized spacial score (nSPS) is 32.6. The van der Waals surface area contributed by atoms with Gasteiger partial charge in [0.1, 0.15) is 6.10 Å². The molecule has 1 saturated heterocycles. The highest BCUT2D eigenvalue weighted by Crippen LogP contribution is 2.30. The molecule has 3 N–H and O–H groups in total. The standard InChI is InChI=1S/C15H27NO5/c1-20-12-10-21-9-11(14(12)18)8-16-13(17)7-15(19)5-3-2-4-6-15/h11-12,14,18-19H,2-10H2,1H3,(H,16,17)/t11-,12-,14+/m1/s1. The van der Waals surface area contributed by atoms with Gasteiger partial charge in [0.25, 0.3) is 0 Å². The third-order valence-corrected chi connectivity index (χ3v) is 4.62. The van der Waals surface area contributed by atoms with Crippen LogP contribution in [0.3, 0.4) is 0 Å². The first-order valence-electron chi connectivity index (χ1n) is 7.82. The van der Waals surface area contributed by atoms with Crippen molar-refractivity contribution in [3.05, 3.63) is 0 Å². The Morgan fingerprint density at radius 2 is 2.05 bits per heavy atom. The molecule has 1 amide bonds. The van der Waals surface area contributed by atoms with Crippen molar-refractivity contribution >= 4 is 5.91 Å². The molecule has 3 atom stereocenters. The first-order valence-corrected chi connectivity index (χ1v) is 7.82. The van der Waals surface area contributed by atoms with Crippen LogP contribution >= 0.6 is 0 Å². The zero-order valence-electron chi connectivity index (χ0n) is 12.7. The average Bonchev–Trinajstić information content (AvgIpc) is 2.46. The minimum atomic E-state index is -0.848. The number of carbonyl (C=O) groups is 1. The molecule has 6 heteroatoms. The van der Waals surface area contributed by atoms with Gasteiger partial charge in [-0.2, -0.15) is 0 Å². The summed E-state index contributed by atoms with van der Waals surface area (Å²) in [7, 11) is 1.54. The Morgan fingerprint density at radius 1 is 1.33 bits per heavy atom. The molecule has 1 heterocycles.